The standard InChI is InChI=1S/C11H12N6/c1-17-7-10(14-16-17)6-12-9-2-3-11-8(4-9)5-13-15-11/h2-5,7,12H,6H2,1H3,(H,13,15). The lowest BCUT2D eigenvalue weighted by atomic mass is 10.2. The number of nitrogens with one attached hydrogen (secondary N) is 2. The van der Waals surface area contributed by atoms with Crippen molar-refractivity contribution in [3.63, 3.8) is 0 Å². The van der Waals surface area contributed by atoms with Gasteiger partial charge in [0.25, 0.3) is 0 Å². The molecule has 1 aromatic carbocycles. The maximum atomic E-state index is 4.02. The monoisotopic (exact) mass is 228 g/mol. The van der Waals surface area contributed by atoms with Gasteiger partial charge in [-0.05, 0) is 18.2 Å². The van der Waals surface area contributed by atoms with Crippen molar-refractivity contribution in [1.29, 1.82) is 0 Å². The first-order valence-corrected chi connectivity index (χ1v) is 5.33. The first-order valence-electron chi connectivity index (χ1n) is 5.33. The Morgan fingerprint density at radius 2 is 2.35 bits per heavy atom. The molecule has 0 amide bonds. The van der Waals surface area contributed by atoms with Gasteiger partial charge >= 0.3 is 0 Å². The fourth-order valence-electron chi connectivity index (χ4n) is 1.72. The quantitative estimate of drug-likeness (QED) is 0.709. The van der Waals surface area contributed by atoms with E-state index < -0.39 is 0 Å². The molecule has 3 aromatic rings. The van der Waals surface area contributed by atoms with Gasteiger partial charge in [-0.1, -0.05) is 5.21 Å². The SMILES string of the molecule is Cn1cc(CNc2ccc3[nH]ncc3c2)nn1. The molecule has 0 saturated carbocycles. The number of aromatic amines is 1. The largest absolute Gasteiger partial charge is 0.379 e. The number of nitrogens with zero attached hydrogens (tertiary/aromatic N) is 4. The molecule has 3 rings (SSSR count). The molecule has 0 aliphatic heterocycles. The van der Waals surface area contributed by atoms with Crippen LogP contribution < -0.4 is 5.32 Å². The fourth-order valence-corrected chi connectivity index (χ4v) is 1.72. The average molecular weight is 228 g/mol. The van der Waals surface area contributed by atoms with Gasteiger partial charge in [-0.25, -0.2) is 0 Å². The summed E-state index contributed by atoms with van der Waals surface area (Å²) in [5.41, 5.74) is 3.00. The van der Waals surface area contributed by atoms with Crippen LogP contribution in [-0.4, -0.2) is 25.2 Å². The number of aryl methyl sites for hydroxylation is 1. The van der Waals surface area contributed by atoms with Crippen LogP contribution in [0.5, 0.6) is 0 Å². The molecule has 2 heterocycles. The van der Waals surface area contributed by atoms with Crippen LogP contribution in [0.4, 0.5) is 5.69 Å². The van der Waals surface area contributed by atoms with Crippen molar-refractivity contribution in [3.05, 3.63) is 36.3 Å². The van der Waals surface area contributed by atoms with E-state index in [-0.39, 0.29) is 0 Å². The van der Waals surface area contributed by atoms with E-state index in [0.717, 1.165) is 22.3 Å². The molecular weight excluding hydrogens is 216 g/mol. The Morgan fingerprint density at radius 3 is 3.18 bits per heavy atom. The van der Waals surface area contributed by atoms with Gasteiger partial charge in [0, 0.05) is 24.3 Å². The van der Waals surface area contributed by atoms with E-state index >= 15 is 0 Å². The number of H-pyrrole nitrogens is 1. The van der Waals surface area contributed by atoms with E-state index in [1.54, 1.807) is 4.68 Å². The van der Waals surface area contributed by atoms with Crippen molar-refractivity contribution in [1.82, 2.24) is 25.2 Å². The van der Waals surface area contributed by atoms with Crippen molar-refractivity contribution < 1.29 is 0 Å². The van der Waals surface area contributed by atoms with Crippen LogP contribution in [0.25, 0.3) is 10.9 Å². The summed E-state index contributed by atoms with van der Waals surface area (Å²) < 4.78 is 1.69. The van der Waals surface area contributed by atoms with E-state index in [1.807, 2.05) is 31.6 Å². The summed E-state index contributed by atoms with van der Waals surface area (Å²) in [6.07, 6.45) is 3.70. The molecule has 0 fully saturated rings. The molecule has 17 heavy (non-hydrogen) atoms. The van der Waals surface area contributed by atoms with Crippen LogP contribution in [0.1, 0.15) is 5.69 Å². The zero-order chi connectivity index (χ0) is 11.7. The summed E-state index contributed by atoms with van der Waals surface area (Å²) in [7, 11) is 1.86. The minimum atomic E-state index is 0.664. The van der Waals surface area contributed by atoms with Gasteiger partial charge in [0.2, 0.25) is 0 Å². The topological polar surface area (TPSA) is 71.4 Å². The van der Waals surface area contributed by atoms with Crippen LogP contribution in [0.15, 0.2) is 30.6 Å². The molecular formula is C11H12N6. The minimum Gasteiger partial charge on any atom is -0.379 e. The predicted octanol–water partition coefficient (Wildman–Crippen LogP) is 1.30. The summed E-state index contributed by atoms with van der Waals surface area (Å²) in [4.78, 5) is 0. The number of hydrogen-bond acceptors (Lipinski definition) is 4. The summed E-state index contributed by atoms with van der Waals surface area (Å²) in [5, 5.41) is 19.2. The van der Waals surface area contributed by atoms with Crippen molar-refractivity contribution in [3.8, 4) is 0 Å². The number of rotatable bonds is 3. The highest BCUT2D eigenvalue weighted by Gasteiger charge is 2.00. The summed E-state index contributed by atoms with van der Waals surface area (Å²) in [6, 6.07) is 6.06. The summed E-state index contributed by atoms with van der Waals surface area (Å²) in [6.45, 7) is 0.664. The van der Waals surface area contributed by atoms with E-state index in [9.17, 15) is 0 Å². The van der Waals surface area contributed by atoms with Crippen molar-refractivity contribution in [2.24, 2.45) is 7.05 Å². The number of anilines is 1. The average Bonchev–Trinajstić information content (AvgIpc) is 2.94. The Morgan fingerprint density at radius 1 is 1.41 bits per heavy atom. The second kappa shape index (κ2) is 3.89. The van der Waals surface area contributed by atoms with Crippen molar-refractivity contribution in [2.75, 3.05) is 5.32 Å². The maximum absolute atomic E-state index is 4.02. The first-order chi connectivity index (χ1) is 8.31. The molecule has 6 nitrogen and oxygen atoms in total. The normalized spacial score (nSPS) is 10.9. The highest BCUT2D eigenvalue weighted by Crippen LogP contribution is 2.16. The Kier molecular flexibility index (Phi) is 2.25. The van der Waals surface area contributed by atoms with E-state index in [0.29, 0.717) is 6.54 Å². The van der Waals surface area contributed by atoms with Gasteiger partial charge in [0.15, 0.2) is 0 Å². The number of benzene rings is 1. The van der Waals surface area contributed by atoms with Gasteiger partial charge in [0.05, 0.1) is 18.3 Å². The van der Waals surface area contributed by atoms with Crippen molar-refractivity contribution in [2.45, 2.75) is 6.54 Å². The lowest BCUT2D eigenvalue weighted by molar-refractivity contribution is 0.713. The number of fused-ring (bicyclic) bond motifs is 1. The van der Waals surface area contributed by atoms with Crippen LogP contribution in [-0.2, 0) is 13.6 Å². The zero-order valence-electron chi connectivity index (χ0n) is 9.38. The minimum absolute atomic E-state index is 0.664. The molecule has 0 atom stereocenters. The second-order valence-electron chi connectivity index (χ2n) is 3.91. The van der Waals surface area contributed by atoms with Crippen LogP contribution >= 0.6 is 0 Å². The van der Waals surface area contributed by atoms with E-state index in [2.05, 4.69) is 31.9 Å². The molecule has 86 valence electrons. The molecule has 2 aromatic heterocycles. The molecule has 0 bridgehead atoms. The third-order valence-electron chi connectivity index (χ3n) is 2.56. The Balaban J connectivity index is 1.76. The van der Waals surface area contributed by atoms with Gasteiger partial charge in [-0.2, -0.15) is 5.10 Å². The third-order valence-corrected chi connectivity index (χ3v) is 2.56. The molecule has 0 radical (unpaired) electrons. The predicted molar refractivity (Wildman–Crippen MR) is 64.4 cm³/mol. The van der Waals surface area contributed by atoms with Gasteiger partial charge in [-0.3, -0.25) is 9.78 Å². The van der Waals surface area contributed by atoms with E-state index in [4.69, 9.17) is 0 Å². The summed E-state index contributed by atoms with van der Waals surface area (Å²) in [5.74, 6) is 0. The fraction of sp³-hybridized carbons (Fsp3) is 0.182. The highest BCUT2D eigenvalue weighted by atomic mass is 15.4. The first kappa shape index (κ1) is 9.83. The Hall–Kier alpha value is -2.37. The Bertz CT molecular complexity index is 638. The third kappa shape index (κ3) is 1.96. The molecule has 2 N–H and O–H groups in total. The molecule has 0 aliphatic rings. The Labute approximate surface area is 97.6 Å². The molecule has 0 unspecified atom stereocenters. The number of aromatic nitrogens is 5. The number of hydrogen-bond donors (Lipinski definition) is 2. The van der Waals surface area contributed by atoms with E-state index in [1.165, 1.54) is 0 Å². The molecule has 0 spiro atoms. The van der Waals surface area contributed by atoms with Gasteiger partial charge in [-0.15, -0.1) is 5.10 Å². The highest BCUT2D eigenvalue weighted by molar-refractivity contribution is 5.81. The van der Waals surface area contributed by atoms with Crippen LogP contribution in [0, 0.1) is 0 Å². The molecule has 0 saturated heterocycles. The smallest absolute Gasteiger partial charge is 0.102 e. The van der Waals surface area contributed by atoms with Gasteiger partial charge in [0.1, 0.15) is 5.69 Å². The maximum Gasteiger partial charge on any atom is 0.102 e. The molecule has 0 aliphatic carbocycles. The lowest BCUT2D eigenvalue weighted by Crippen LogP contribution is -1.99. The lowest BCUT2D eigenvalue weighted by Gasteiger charge is -2.03. The van der Waals surface area contributed by atoms with Gasteiger partial charge < -0.3 is 5.32 Å². The van der Waals surface area contributed by atoms with Crippen LogP contribution in [0.2, 0.25) is 0 Å². The zero-order valence-corrected chi connectivity index (χ0v) is 9.38. The van der Waals surface area contributed by atoms with Crippen LogP contribution in [0.3, 0.4) is 0 Å². The summed E-state index contributed by atoms with van der Waals surface area (Å²) >= 11 is 0. The second-order valence-corrected chi connectivity index (χ2v) is 3.91. The molecule has 6 heteroatoms. The van der Waals surface area contributed by atoms with Crippen molar-refractivity contribution >= 4 is 16.6 Å².